The van der Waals surface area contributed by atoms with Crippen molar-refractivity contribution in [2.45, 2.75) is 45.1 Å². The maximum atomic E-state index is 11.2. The molecule has 1 amide bonds. The first-order valence-corrected chi connectivity index (χ1v) is 5.79. The molecule has 0 heterocycles. The number of carboxylic acid groups (broad SMARTS) is 1. The van der Waals surface area contributed by atoms with E-state index in [2.05, 4.69) is 5.32 Å². The van der Waals surface area contributed by atoms with Gasteiger partial charge in [0.2, 0.25) is 0 Å². The molecular weight excluding hydrogens is 210 g/mol. The van der Waals surface area contributed by atoms with Gasteiger partial charge in [-0.15, -0.1) is 0 Å². The van der Waals surface area contributed by atoms with Crippen LogP contribution in [0.5, 0.6) is 0 Å². The van der Waals surface area contributed by atoms with Gasteiger partial charge in [0.25, 0.3) is 0 Å². The van der Waals surface area contributed by atoms with Gasteiger partial charge in [-0.1, -0.05) is 26.2 Å². The third-order valence-corrected chi connectivity index (χ3v) is 2.59. The fraction of sp³-hybridized carbons (Fsp3) is 0.818. The summed E-state index contributed by atoms with van der Waals surface area (Å²) in [6.07, 6.45) is 3.76. The Morgan fingerprint density at radius 2 is 2.19 bits per heavy atom. The number of carbonyl (C=O) groups is 2. The molecule has 0 bridgehead atoms. The molecule has 0 aromatic carbocycles. The van der Waals surface area contributed by atoms with E-state index in [4.69, 9.17) is 9.84 Å². The number of aliphatic carboxylic acids is 1. The van der Waals surface area contributed by atoms with Crippen LogP contribution >= 0.6 is 0 Å². The van der Waals surface area contributed by atoms with Crippen LogP contribution in [0.4, 0.5) is 4.79 Å². The minimum atomic E-state index is -0.987. The number of hydrogen-bond acceptors (Lipinski definition) is 3. The molecule has 1 saturated carbocycles. The molecule has 0 spiro atoms. The summed E-state index contributed by atoms with van der Waals surface area (Å²) < 4.78 is 4.85. The minimum absolute atomic E-state index is 0.345. The predicted octanol–water partition coefficient (Wildman–Crippen LogP) is 1.77. The van der Waals surface area contributed by atoms with E-state index in [0.29, 0.717) is 18.9 Å². The molecule has 0 unspecified atom stereocenters. The van der Waals surface area contributed by atoms with E-state index < -0.39 is 18.1 Å². The summed E-state index contributed by atoms with van der Waals surface area (Å²) in [4.78, 5) is 22.1. The summed E-state index contributed by atoms with van der Waals surface area (Å²) >= 11 is 0. The zero-order valence-electron chi connectivity index (χ0n) is 9.57. The second-order valence-electron chi connectivity index (χ2n) is 4.20. The van der Waals surface area contributed by atoms with E-state index in [-0.39, 0.29) is 0 Å². The van der Waals surface area contributed by atoms with Crippen LogP contribution in [0.1, 0.15) is 39.0 Å². The van der Waals surface area contributed by atoms with Crippen molar-refractivity contribution in [2.75, 3.05) is 6.61 Å². The third-order valence-electron chi connectivity index (χ3n) is 2.59. The number of carboxylic acids is 1. The van der Waals surface area contributed by atoms with Crippen LogP contribution in [0.25, 0.3) is 0 Å². The maximum absolute atomic E-state index is 11.2. The van der Waals surface area contributed by atoms with Crippen LogP contribution in [0.3, 0.4) is 0 Å². The van der Waals surface area contributed by atoms with E-state index in [1.165, 1.54) is 0 Å². The first-order valence-electron chi connectivity index (χ1n) is 5.79. The Balaban J connectivity index is 2.23. The number of nitrogens with one attached hydrogen (secondary N) is 1. The van der Waals surface area contributed by atoms with Crippen molar-refractivity contribution in [2.24, 2.45) is 5.92 Å². The lowest BCUT2D eigenvalue weighted by Crippen LogP contribution is -2.41. The highest BCUT2D eigenvalue weighted by molar-refractivity contribution is 5.79. The molecule has 0 saturated heterocycles. The predicted molar refractivity (Wildman–Crippen MR) is 58.2 cm³/mol. The van der Waals surface area contributed by atoms with E-state index in [0.717, 1.165) is 25.7 Å². The number of unbranched alkanes of at least 4 members (excludes halogenated alkanes) is 1. The summed E-state index contributed by atoms with van der Waals surface area (Å²) in [6.45, 7) is 2.34. The van der Waals surface area contributed by atoms with E-state index >= 15 is 0 Å². The normalized spacial score (nSPS) is 16.6. The molecule has 0 aromatic heterocycles. The summed E-state index contributed by atoms with van der Waals surface area (Å²) in [5.74, 6) is -0.531. The van der Waals surface area contributed by atoms with E-state index in [9.17, 15) is 9.59 Å². The Morgan fingerprint density at radius 1 is 1.50 bits per heavy atom. The summed E-state index contributed by atoms with van der Waals surface area (Å²) in [7, 11) is 0. The SMILES string of the molecule is CCCCOC(=O)N[C@@H](CC1CC1)C(=O)O. The molecule has 16 heavy (non-hydrogen) atoms. The highest BCUT2D eigenvalue weighted by Gasteiger charge is 2.30. The number of amides is 1. The van der Waals surface area contributed by atoms with Gasteiger partial charge in [-0.25, -0.2) is 9.59 Å². The highest BCUT2D eigenvalue weighted by Crippen LogP contribution is 2.33. The number of rotatable bonds is 7. The van der Waals surface area contributed by atoms with Crippen molar-refractivity contribution in [1.29, 1.82) is 0 Å². The fourth-order valence-corrected chi connectivity index (χ4v) is 1.40. The molecule has 1 rings (SSSR count). The second-order valence-corrected chi connectivity index (χ2v) is 4.20. The number of carbonyl (C=O) groups excluding carboxylic acids is 1. The van der Waals surface area contributed by atoms with Gasteiger partial charge in [-0.05, 0) is 18.8 Å². The van der Waals surface area contributed by atoms with Crippen molar-refractivity contribution in [3.05, 3.63) is 0 Å². The highest BCUT2D eigenvalue weighted by atomic mass is 16.5. The van der Waals surface area contributed by atoms with Crippen LogP contribution < -0.4 is 5.32 Å². The standard InChI is InChI=1S/C11H19NO4/c1-2-3-6-16-11(15)12-9(10(13)14)7-8-4-5-8/h8-9H,2-7H2,1H3,(H,12,15)(H,13,14)/t9-/m0/s1. The zero-order valence-corrected chi connectivity index (χ0v) is 9.57. The van der Waals surface area contributed by atoms with Gasteiger partial charge in [0.1, 0.15) is 6.04 Å². The van der Waals surface area contributed by atoms with Gasteiger partial charge >= 0.3 is 12.1 Å². The third kappa shape index (κ3) is 5.00. The van der Waals surface area contributed by atoms with Gasteiger partial charge in [0, 0.05) is 0 Å². The molecule has 1 fully saturated rings. The van der Waals surface area contributed by atoms with Crippen LogP contribution in [0.2, 0.25) is 0 Å². The Morgan fingerprint density at radius 3 is 2.69 bits per heavy atom. The molecule has 0 aromatic rings. The molecule has 0 radical (unpaired) electrons. The molecule has 5 heteroatoms. The largest absolute Gasteiger partial charge is 0.480 e. The van der Waals surface area contributed by atoms with Gasteiger partial charge in [-0.3, -0.25) is 0 Å². The topological polar surface area (TPSA) is 75.6 Å². The quantitative estimate of drug-likeness (QED) is 0.652. The van der Waals surface area contributed by atoms with Crippen LogP contribution in [-0.4, -0.2) is 29.8 Å². The van der Waals surface area contributed by atoms with E-state index in [1.54, 1.807) is 0 Å². The monoisotopic (exact) mass is 229 g/mol. The first-order chi connectivity index (χ1) is 7.63. The smallest absolute Gasteiger partial charge is 0.407 e. The summed E-state index contributed by atoms with van der Waals surface area (Å²) in [5, 5.41) is 11.3. The van der Waals surface area contributed by atoms with Gasteiger partial charge < -0.3 is 15.2 Å². The Kier molecular flexibility index (Phi) is 5.08. The number of alkyl carbamates (subject to hydrolysis) is 1. The maximum Gasteiger partial charge on any atom is 0.407 e. The van der Waals surface area contributed by atoms with Crippen LogP contribution in [0, 0.1) is 5.92 Å². The molecule has 1 aliphatic rings. The average molecular weight is 229 g/mol. The second kappa shape index (κ2) is 6.35. The van der Waals surface area contributed by atoms with Crippen molar-refractivity contribution < 1.29 is 19.4 Å². The number of ether oxygens (including phenoxy) is 1. The lowest BCUT2D eigenvalue weighted by Gasteiger charge is -2.13. The fourth-order valence-electron chi connectivity index (χ4n) is 1.40. The Labute approximate surface area is 95.2 Å². The van der Waals surface area contributed by atoms with Crippen molar-refractivity contribution >= 4 is 12.1 Å². The minimum Gasteiger partial charge on any atom is -0.480 e. The Bertz CT molecular complexity index is 250. The van der Waals surface area contributed by atoms with Crippen molar-refractivity contribution in [1.82, 2.24) is 5.32 Å². The lowest BCUT2D eigenvalue weighted by atomic mass is 10.1. The van der Waals surface area contributed by atoms with Crippen molar-refractivity contribution in [3.8, 4) is 0 Å². The van der Waals surface area contributed by atoms with Crippen LogP contribution in [-0.2, 0) is 9.53 Å². The zero-order chi connectivity index (χ0) is 12.0. The Hall–Kier alpha value is -1.26. The number of hydrogen-bond donors (Lipinski definition) is 2. The first kappa shape index (κ1) is 12.8. The summed E-state index contributed by atoms with van der Waals surface area (Å²) in [6, 6.07) is -0.804. The van der Waals surface area contributed by atoms with E-state index in [1.807, 2.05) is 6.92 Å². The van der Waals surface area contributed by atoms with Crippen LogP contribution in [0.15, 0.2) is 0 Å². The molecule has 1 atom stereocenters. The van der Waals surface area contributed by atoms with Gasteiger partial charge in [0.15, 0.2) is 0 Å². The van der Waals surface area contributed by atoms with Gasteiger partial charge in [0.05, 0.1) is 6.61 Å². The van der Waals surface area contributed by atoms with Crippen molar-refractivity contribution in [3.63, 3.8) is 0 Å². The molecule has 2 N–H and O–H groups in total. The molecular formula is C11H19NO4. The molecule has 1 aliphatic carbocycles. The van der Waals surface area contributed by atoms with Gasteiger partial charge in [-0.2, -0.15) is 0 Å². The lowest BCUT2D eigenvalue weighted by molar-refractivity contribution is -0.139. The molecule has 0 aliphatic heterocycles. The summed E-state index contributed by atoms with van der Waals surface area (Å²) in [5.41, 5.74) is 0. The molecule has 5 nitrogen and oxygen atoms in total. The molecule has 92 valence electrons. The average Bonchev–Trinajstić information content (AvgIpc) is 3.01.